The highest BCUT2D eigenvalue weighted by molar-refractivity contribution is 7.89. The van der Waals surface area contributed by atoms with Crippen LogP contribution in [0.5, 0.6) is 0 Å². The maximum absolute atomic E-state index is 12.9. The molecule has 0 fully saturated rings. The van der Waals surface area contributed by atoms with Gasteiger partial charge >= 0.3 is 0 Å². The van der Waals surface area contributed by atoms with E-state index in [1.165, 1.54) is 12.1 Å². The number of nitrogens with one attached hydrogen (secondary N) is 2. The Morgan fingerprint density at radius 3 is 2.22 bits per heavy atom. The normalized spacial score (nSPS) is 13.2. The zero-order valence-corrected chi connectivity index (χ0v) is 19.9. The molecule has 0 unspecified atom stereocenters. The standard InChI is InChI=1S/C24H32N4O3S/c1-18(2)16-23(27-32(30,31)22-14-12-21(13-15-22)28(3)4)24(29)26-20(17-25)11-10-19-8-6-5-7-9-19/h5-9,12-15,18,20,23,27H,10-11,16H2,1-4H3,(H,26,29)/t20-,23-/m0/s1. The zero-order chi connectivity index (χ0) is 23.7. The third kappa shape index (κ3) is 7.66. The van der Waals surface area contributed by atoms with Gasteiger partial charge in [0, 0.05) is 19.8 Å². The first kappa shape index (κ1) is 25.4. The first-order chi connectivity index (χ1) is 15.1. The van der Waals surface area contributed by atoms with E-state index in [4.69, 9.17) is 0 Å². The molecule has 0 aliphatic carbocycles. The molecule has 2 aromatic rings. The van der Waals surface area contributed by atoms with E-state index in [2.05, 4.69) is 16.1 Å². The molecule has 0 saturated heterocycles. The Morgan fingerprint density at radius 2 is 1.69 bits per heavy atom. The number of hydrogen-bond donors (Lipinski definition) is 2. The first-order valence-electron chi connectivity index (χ1n) is 10.7. The van der Waals surface area contributed by atoms with E-state index >= 15 is 0 Å². The lowest BCUT2D eigenvalue weighted by atomic mass is 10.0. The Kier molecular flexibility index (Phi) is 9.24. The number of nitrogens with zero attached hydrogens (tertiary/aromatic N) is 2. The molecule has 2 atom stereocenters. The van der Waals surface area contributed by atoms with Crippen molar-refractivity contribution in [2.75, 3.05) is 19.0 Å². The van der Waals surface area contributed by atoms with E-state index in [0.717, 1.165) is 11.3 Å². The van der Waals surface area contributed by atoms with Crippen LogP contribution in [0.3, 0.4) is 0 Å². The smallest absolute Gasteiger partial charge is 0.241 e. The van der Waals surface area contributed by atoms with Crippen molar-refractivity contribution >= 4 is 21.6 Å². The minimum Gasteiger partial charge on any atom is -0.378 e. The second-order valence-corrected chi connectivity index (χ2v) is 10.1. The Hall–Kier alpha value is -2.89. The van der Waals surface area contributed by atoms with Gasteiger partial charge in [0.05, 0.1) is 11.0 Å². The first-order valence-corrected chi connectivity index (χ1v) is 12.1. The highest BCUT2D eigenvalue weighted by atomic mass is 32.2. The maximum Gasteiger partial charge on any atom is 0.241 e. The van der Waals surface area contributed by atoms with Gasteiger partial charge < -0.3 is 10.2 Å². The van der Waals surface area contributed by atoms with Crippen LogP contribution in [0.4, 0.5) is 5.69 Å². The fourth-order valence-corrected chi connectivity index (χ4v) is 4.46. The van der Waals surface area contributed by atoms with E-state index in [9.17, 15) is 18.5 Å². The molecule has 0 spiro atoms. The summed E-state index contributed by atoms with van der Waals surface area (Å²) in [4.78, 5) is 14.9. The summed E-state index contributed by atoms with van der Waals surface area (Å²) in [5.74, 6) is -0.416. The van der Waals surface area contributed by atoms with Gasteiger partial charge in [0.15, 0.2) is 0 Å². The van der Waals surface area contributed by atoms with Crippen LogP contribution < -0.4 is 14.9 Å². The summed E-state index contributed by atoms with van der Waals surface area (Å²) in [5.41, 5.74) is 1.94. The highest BCUT2D eigenvalue weighted by Gasteiger charge is 2.28. The number of rotatable bonds is 11. The number of nitriles is 1. The van der Waals surface area contributed by atoms with Gasteiger partial charge in [0.1, 0.15) is 12.1 Å². The van der Waals surface area contributed by atoms with E-state index in [1.54, 1.807) is 12.1 Å². The van der Waals surface area contributed by atoms with Gasteiger partial charge in [-0.1, -0.05) is 44.2 Å². The van der Waals surface area contributed by atoms with Crippen molar-refractivity contribution in [1.29, 1.82) is 5.26 Å². The van der Waals surface area contributed by atoms with Gasteiger partial charge in [0.25, 0.3) is 0 Å². The molecule has 0 heterocycles. The maximum atomic E-state index is 12.9. The average Bonchev–Trinajstić information content (AvgIpc) is 2.76. The van der Waals surface area contributed by atoms with E-state index in [0.29, 0.717) is 19.3 Å². The predicted molar refractivity (Wildman–Crippen MR) is 127 cm³/mol. The number of benzene rings is 2. The van der Waals surface area contributed by atoms with Crippen molar-refractivity contribution in [1.82, 2.24) is 10.0 Å². The van der Waals surface area contributed by atoms with Gasteiger partial charge in [-0.15, -0.1) is 0 Å². The zero-order valence-electron chi connectivity index (χ0n) is 19.1. The molecule has 1 amide bonds. The second-order valence-electron chi connectivity index (χ2n) is 8.41. The topological polar surface area (TPSA) is 102 Å². The minimum atomic E-state index is -3.90. The molecular formula is C24H32N4O3S. The molecule has 8 heteroatoms. The highest BCUT2D eigenvalue weighted by Crippen LogP contribution is 2.17. The summed E-state index contributed by atoms with van der Waals surface area (Å²) < 4.78 is 28.3. The lowest BCUT2D eigenvalue weighted by Crippen LogP contribution is -2.49. The number of carbonyl (C=O) groups is 1. The fraction of sp³-hybridized carbons (Fsp3) is 0.417. The molecule has 2 rings (SSSR count). The van der Waals surface area contributed by atoms with E-state index in [1.807, 2.05) is 63.2 Å². The van der Waals surface area contributed by atoms with Crippen LogP contribution in [0.2, 0.25) is 0 Å². The van der Waals surface area contributed by atoms with Gasteiger partial charge in [-0.05, 0) is 55.0 Å². The average molecular weight is 457 g/mol. The molecule has 0 saturated carbocycles. The van der Waals surface area contributed by atoms with Crippen LogP contribution in [0.1, 0.15) is 32.3 Å². The van der Waals surface area contributed by atoms with Crippen molar-refractivity contribution in [3.05, 3.63) is 60.2 Å². The van der Waals surface area contributed by atoms with Crippen LogP contribution >= 0.6 is 0 Å². The second kappa shape index (κ2) is 11.7. The quantitative estimate of drug-likeness (QED) is 0.541. The summed E-state index contributed by atoms with van der Waals surface area (Å²) in [6.45, 7) is 3.83. The molecule has 32 heavy (non-hydrogen) atoms. The molecular weight excluding hydrogens is 424 g/mol. The van der Waals surface area contributed by atoms with Crippen molar-refractivity contribution in [3.63, 3.8) is 0 Å². The number of hydrogen-bond acceptors (Lipinski definition) is 5. The number of carbonyl (C=O) groups excluding carboxylic acids is 1. The lowest BCUT2D eigenvalue weighted by Gasteiger charge is -2.22. The molecule has 0 radical (unpaired) electrons. The summed E-state index contributed by atoms with van der Waals surface area (Å²) in [7, 11) is -0.164. The number of amides is 1. The van der Waals surface area contributed by atoms with Gasteiger partial charge in [0.2, 0.25) is 15.9 Å². The third-order valence-corrected chi connectivity index (χ3v) is 6.51. The van der Waals surface area contributed by atoms with Crippen molar-refractivity contribution in [2.45, 2.75) is 50.1 Å². The molecule has 2 aromatic carbocycles. The molecule has 0 aromatic heterocycles. The van der Waals surface area contributed by atoms with Crippen LogP contribution in [-0.2, 0) is 21.2 Å². The summed E-state index contributed by atoms with van der Waals surface area (Å²) in [6.07, 6.45) is 1.40. The molecule has 0 aliphatic rings. The van der Waals surface area contributed by atoms with Gasteiger partial charge in [-0.2, -0.15) is 9.98 Å². The van der Waals surface area contributed by atoms with Crippen molar-refractivity contribution in [2.24, 2.45) is 5.92 Å². The molecule has 0 bridgehead atoms. The van der Waals surface area contributed by atoms with Crippen LogP contribution in [0, 0.1) is 17.2 Å². The van der Waals surface area contributed by atoms with E-state index in [-0.39, 0.29) is 10.8 Å². The largest absolute Gasteiger partial charge is 0.378 e. The third-order valence-electron chi connectivity index (χ3n) is 5.02. The minimum absolute atomic E-state index is 0.0782. The number of anilines is 1. The van der Waals surface area contributed by atoms with Crippen molar-refractivity contribution < 1.29 is 13.2 Å². The Balaban J connectivity index is 2.10. The van der Waals surface area contributed by atoms with Gasteiger partial charge in [-0.25, -0.2) is 8.42 Å². The Bertz CT molecular complexity index is 1010. The number of sulfonamides is 1. The Labute approximate surface area is 191 Å². The number of aryl methyl sites for hydroxylation is 1. The summed E-state index contributed by atoms with van der Waals surface area (Å²) in [5, 5.41) is 12.2. The molecule has 172 valence electrons. The SMILES string of the molecule is CC(C)C[C@H](NS(=O)(=O)c1ccc(N(C)C)cc1)C(=O)N[C@H](C#N)CCc1ccccc1. The lowest BCUT2D eigenvalue weighted by molar-refractivity contribution is -0.123. The van der Waals surface area contributed by atoms with E-state index < -0.39 is 28.0 Å². The molecule has 2 N–H and O–H groups in total. The Morgan fingerprint density at radius 1 is 1.06 bits per heavy atom. The summed E-state index contributed by atoms with van der Waals surface area (Å²) in [6, 6.07) is 16.6. The molecule has 7 nitrogen and oxygen atoms in total. The summed E-state index contributed by atoms with van der Waals surface area (Å²) >= 11 is 0. The molecule has 0 aliphatic heterocycles. The monoisotopic (exact) mass is 456 g/mol. The van der Waals surface area contributed by atoms with Crippen LogP contribution in [-0.4, -0.2) is 40.5 Å². The van der Waals surface area contributed by atoms with Crippen LogP contribution in [0.15, 0.2) is 59.5 Å². The van der Waals surface area contributed by atoms with Gasteiger partial charge in [-0.3, -0.25) is 4.79 Å². The fourth-order valence-electron chi connectivity index (χ4n) is 3.26. The van der Waals surface area contributed by atoms with Crippen LogP contribution in [0.25, 0.3) is 0 Å². The predicted octanol–water partition coefficient (Wildman–Crippen LogP) is 3.09. The van der Waals surface area contributed by atoms with Crippen molar-refractivity contribution in [3.8, 4) is 6.07 Å².